The van der Waals surface area contributed by atoms with Gasteiger partial charge in [0.15, 0.2) is 17.5 Å². The first-order chi connectivity index (χ1) is 12.7. The highest BCUT2D eigenvalue weighted by Gasteiger charge is 2.27. The summed E-state index contributed by atoms with van der Waals surface area (Å²) in [4.78, 5) is 9.37. The number of nitrogens with one attached hydrogen (secondary N) is 1. The van der Waals surface area contributed by atoms with Crippen LogP contribution in [0.4, 0.5) is 0 Å². The third-order valence-corrected chi connectivity index (χ3v) is 4.98. The number of rotatable bonds is 8. The average molecular weight is 363 g/mol. The Morgan fingerprint density at radius 1 is 1.27 bits per heavy atom. The summed E-state index contributed by atoms with van der Waals surface area (Å²) in [6.45, 7) is 12.1. The number of methoxy groups -OCH3 is 1. The second kappa shape index (κ2) is 10.3. The van der Waals surface area contributed by atoms with Crippen LogP contribution in [0.1, 0.15) is 32.8 Å². The van der Waals surface area contributed by atoms with E-state index in [4.69, 9.17) is 9.47 Å². The quantitative estimate of drug-likeness (QED) is 0.569. The Hall–Kier alpha value is -1.95. The van der Waals surface area contributed by atoms with E-state index in [1.54, 1.807) is 7.11 Å². The number of nitrogens with zero attached hydrogens (tertiary/aromatic N) is 3. The number of hydrogen-bond acceptors (Lipinski definition) is 4. The van der Waals surface area contributed by atoms with Crippen LogP contribution in [0.15, 0.2) is 23.2 Å². The molecule has 26 heavy (non-hydrogen) atoms. The Labute approximate surface area is 158 Å². The van der Waals surface area contributed by atoms with E-state index in [0.29, 0.717) is 19.2 Å². The van der Waals surface area contributed by atoms with Crippen LogP contribution >= 0.6 is 0 Å². The van der Waals surface area contributed by atoms with Gasteiger partial charge in [-0.25, -0.2) is 0 Å². The normalized spacial score (nSPS) is 17.7. The fourth-order valence-corrected chi connectivity index (χ4v) is 3.59. The summed E-state index contributed by atoms with van der Waals surface area (Å²) in [5.74, 6) is 2.52. The van der Waals surface area contributed by atoms with Crippen LogP contribution in [-0.2, 0) is 6.54 Å². The molecule has 6 heteroatoms. The van der Waals surface area contributed by atoms with Gasteiger partial charge in [-0.05, 0) is 44.1 Å². The lowest BCUT2D eigenvalue weighted by atomic mass is 10.2. The summed E-state index contributed by atoms with van der Waals surface area (Å²) in [6, 6.07) is 6.67. The maximum absolute atomic E-state index is 5.67. The molecule has 1 atom stereocenters. The summed E-state index contributed by atoms with van der Waals surface area (Å²) >= 11 is 0. The Morgan fingerprint density at radius 3 is 2.65 bits per heavy atom. The number of likely N-dealkylation sites (tertiary alicyclic amines) is 1. The van der Waals surface area contributed by atoms with Gasteiger partial charge in [0.1, 0.15) is 0 Å². The van der Waals surface area contributed by atoms with Crippen molar-refractivity contribution in [3.05, 3.63) is 23.8 Å². The molecule has 0 saturated carbocycles. The minimum absolute atomic E-state index is 0.620. The minimum Gasteiger partial charge on any atom is -0.493 e. The molecule has 1 fully saturated rings. The zero-order valence-corrected chi connectivity index (χ0v) is 16.9. The number of likely N-dealkylation sites (N-methyl/N-ethyl adjacent to an activating group) is 1. The molecule has 0 radical (unpaired) electrons. The van der Waals surface area contributed by atoms with E-state index in [0.717, 1.165) is 49.2 Å². The van der Waals surface area contributed by atoms with E-state index in [-0.39, 0.29) is 0 Å². The van der Waals surface area contributed by atoms with Crippen LogP contribution in [0.3, 0.4) is 0 Å². The Morgan fingerprint density at radius 2 is 2.04 bits per heavy atom. The number of benzene rings is 1. The van der Waals surface area contributed by atoms with E-state index in [1.165, 1.54) is 6.42 Å². The van der Waals surface area contributed by atoms with Gasteiger partial charge in [0.2, 0.25) is 0 Å². The van der Waals surface area contributed by atoms with Gasteiger partial charge in [-0.1, -0.05) is 19.9 Å². The highest BCUT2D eigenvalue weighted by atomic mass is 16.5. The molecule has 0 bridgehead atoms. The zero-order valence-electron chi connectivity index (χ0n) is 16.9. The van der Waals surface area contributed by atoms with Crippen LogP contribution < -0.4 is 14.8 Å². The Bertz CT molecular complexity index is 587. The van der Waals surface area contributed by atoms with E-state index < -0.39 is 0 Å². The molecule has 0 amide bonds. The van der Waals surface area contributed by atoms with E-state index in [2.05, 4.69) is 40.0 Å². The van der Waals surface area contributed by atoms with Crippen LogP contribution in [0, 0.1) is 0 Å². The lowest BCUT2D eigenvalue weighted by molar-refractivity contribution is 0.223. The zero-order chi connectivity index (χ0) is 18.9. The molecule has 2 rings (SSSR count). The predicted molar refractivity (Wildman–Crippen MR) is 107 cm³/mol. The van der Waals surface area contributed by atoms with Crippen molar-refractivity contribution in [2.24, 2.45) is 4.99 Å². The molecule has 0 aromatic heterocycles. The van der Waals surface area contributed by atoms with Crippen molar-refractivity contribution in [1.29, 1.82) is 0 Å². The number of ether oxygens (including phenoxy) is 2. The monoisotopic (exact) mass is 362 g/mol. The Kier molecular flexibility index (Phi) is 8.04. The number of aliphatic imine (C=N–C) groups is 1. The first-order valence-corrected chi connectivity index (χ1v) is 9.66. The predicted octanol–water partition coefficient (Wildman–Crippen LogP) is 2.59. The molecule has 0 spiro atoms. The molecule has 1 unspecified atom stereocenters. The molecular weight excluding hydrogens is 328 g/mol. The standard InChI is InChI=1S/C20H34N4O2/c1-6-23(7-2)17-11-12-24(15-17)20(21-4)22-14-16-9-10-18(25-5)19(13-16)26-8-3/h9-10,13,17H,6-8,11-12,14-15H2,1-5H3,(H,21,22). The highest BCUT2D eigenvalue weighted by Crippen LogP contribution is 2.28. The summed E-state index contributed by atoms with van der Waals surface area (Å²) in [6.07, 6.45) is 1.19. The molecule has 1 aliphatic heterocycles. The largest absolute Gasteiger partial charge is 0.493 e. The molecule has 1 aromatic carbocycles. The fourth-order valence-electron chi connectivity index (χ4n) is 3.59. The lowest BCUT2D eigenvalue weighted by Gasteiger charge is -2.27. The third-order valence-electron chi connectivity index (χ3n) is 4.98. The van der Waals surface area contributed by atoms with Crippen molar-refractivity contribution >= 4 is 5.96 Å². The summed E-state index contributed by atoms with van der Waals surface area (Å²) < 4.78 is 11.0. The smallest absolute Gasteiger partial charge is 0.193 e. The van der Waals surface area contributed by atoms with Crippen molar-refractivity contribution < 1.29 is 9.47 Å². The SMILES string of the molecule is CCOc1cc(CNC(=NC)N2CCC(N(CC)CC)C2)ccc1OC. The van der Waals surface area contributed by atoms with Crippen LogP contribution in [0.5, 0.6) is 11.5 Å². The molecular formula is C20H34N4O2. The van der Waals surface area contributed by atoms with E-state index in [1.807, 2.05) is 26.1 Å². The van der Waals surface area contributed by atoms with Crippen molar-refractivity contribution in [2.45, 2.75) is 39.8 Å². The van der Waals surface area contributed by atoms with Gasteiger partial charge in [-0.2, -0.15) is 0 Å². The first kappa shape index (κ1) is 20.4. The van der Waals surface area contributed by atoms with E-state index in [9.17, 15) is 0 Å². The molecule has 0 aliphatic carbocycles. The molecule has 1 saturated heterocycles. The van der Waals surface area contributed by atoms with Crippen LogP contribution in [-0.4, -0.2) is 68.7 Å². The average Bonchev–Trinajstić information content (AvgIpc) is 3.13. The minimum atomic E-state index is 0.620. The number of guanidine groups is 1. The van der Waals surface area contributed by atoms with Crippen molar-refractivity contribution in [3.63, 3.8) is 0 Å². The summed E-state index contributed by atoms with van der Waals surface area (Å²) in [7, 11) is 3.52. The highest BCUT2D eigenvalue weighted by molar-refractivity contribution is 5.80. The van der Waals surface area contributed by atoms with Crippen molar-refractivity contribution in [3.8, 4) is 11.5 Å². The maximum Gasteiger partial charge on any atom is 0.193 e. The van der Waals surface area contributed by atoms with Gasteiger partial charge in [0.25, 0.3) is 0 Å². The topological polar surface area (TPSA) is 49.3 Å². The molecule has 1 aliphatic rings. The van der Waals surface area contributed by atoms with Gasteiger partial charge in [0.05, 0.1) is 13.7 Å². The van der Waals surface area contributed by atoms with E-state index >= 15 is 0 Å². The van der Waals surface area contributed by atoms with Gasteiger partial charge >= 0.3 is 0 Å². The molecule has 1 N–H and O–H groups in total. The second-order valence-corrected chi connectivity index (χ2v) is 6.43. The van der Waals surface area contributed by atoms with Gasteiger partial charge in [-0.3, -0.25) is 9.89 Å². The van der Waals surface area contributed by atoms with Crippen molar-refractivity contribution in [1.82, 2.24) is 15.1 Å². The second-order valence-electron chi connectivity index (χ2n) is 6.43. The number of hydrogen-bond donors (Lipinski definition) is 1. The van der Waals surface area contributed by atoms with Crippen LogP contribution in [0.2, 0.25) is 0 Å². The lowest BCUT2D eigenvalue weighted by Crippen LogP contribution is -2.43. The van der Waals surface area contributed by atoms with Crippen LogP contribution in [0.25, 0.3) is 0 Å². The van der Waals surface area contributed by atoms with Gasteiger partial charge in [-0.15, -0.1) is 0 Å². The molecule has 6 nitrogen and oxygen atoms in total. The first-order valence-electron chi connectivity index (χ1n) is 9.66. The summed E-state index contributed by atoms with van der Waals surface area (Å²) in [5.41, 5.74) is 1.15. The van der Waals surface area contributed by atoms with Gasteiger partial charge < -0.3 is 19.7 Å². The third kappa shape index (κ3) is 5.04. The Balaban J connectivity index is 1.96. The molecule has 1 heterocycles. The molecule has 1 aromatic rings. The summed E-state index contributed by atoms with van der Waals surface area (Å²) in [5, 5.41) is 3.49. The fraction of sp³-hybridized carbons (Fsp3) is 0.650. The van der Waals surface area contributed by atoms with Crippen molar-refractivity contribution in [2.75, 3.05) is 46.9 Å². The maximum atomic E-state index is 5.67. The molecule has 146 valence electrons. The van der Waals surface area contributed by atoms with Gasteiger partial charge in [0, 0.05) is 32.7 Å².